The highest BCUT2D eigenvalue weighted by atomic mass is 16.6. The molecular weight excluding hydrogens is 180 g/mol. The summed E-state index contributed by atoms with van der Waals surface area (Å²) >= 11 is 0. The number of Topliss-reactive ketones (excluding diaryl/α,β-unsaturated/α-hetero) is 1. The van der Waals surface area contributed by atoms with Gasteiger partial charge in [0.1, 0.15) is 0 Å². The minimum absolute atomic E-state index is 0.0166. The minimum Gasteiger partial charge on any atom is -0.450 e. The minimum atomic E-state index is -0.848. The maximum Gasteiger partial charge on any atom is 0.313 e. The number of hydrogen-bond acceptors (Lipinski definition) is 3. The van der Waals surface area contributed by atoms with Gasteiger partial charge < -0.3 is 4.74 Å². The number of carbonyl (C=O) groups excluding carboxylic acids is 2. The summed E-state index contributed by atoms with van der Waals surface area (Å²) in [5.74, 6) is -0.221. The van der Waals surface area contributed by atoms with Gasteiger partial charge in [0, 0.05) is 5.41 Å². The fourth-order valence-corrected chi connectivity index (χ4v) is 2.99. The van der Waals surface area contributed by atoms with Crippen LogP contribution in [0.4, 0.5) is 0 Å². The van der Waals surface area contributed by atoms with Crippen molar-refractivity contribution in [3.63, 3.8) is 0 Å². The first-order chi connectivity index (χ1) is 6.28. The number of hydrogen-bond donors (Lipinski definition) is 0. The van der Waals surface area contributed by atoms with Gasteiger partial charge in [-0.05, 0) is 26.7 Å². The predicted molar refractivity (Wildman–Crippen MR) is 50.6 cm³/mol. The van der Waals surface area contributed by atoms with Crippen molar-refractivity contribution in [3.8, 4) is 0 Å². The molecule has 1 saturated carbocycles. The molecule has 1 heterocycles. The molecule has 3 nitrogen and oxygen atoms in total. The van der Waals surface area contributed by atoms with Gasteiger partial charge in [-0.15, -0.1) is 0 Å². The first-order valence-electron chi connectivity index (χ1n) is 5.02. The topological polar surface area (TPSA) is 43.4 Å². The van der Waals surface area contributed by atoms with E-state index in [0.29, 0.717) is 6.42 Å². The van der Waals surface area contributed by atoms with Crippen LogP contribution < -0.4 is 0 Å². The van der Waals surface area contributed by atoms with E-state index in [1.165, 1.54) is 6.92 Å². The van der Waals surface area contributed by atoms with Crippen molar-refractivity contribution in [1.82, 2.24) is 0 Å². The van der Waals surface area contributed by atoms with Crippen molar-refractivity contribution in [2.24, 2.45) is 10.8 Å². The molecule has 0 N–H and O–H groups in total. The molecule has 1 saturated heterocycles. The Morgan fingerprint density at radius 2 is 1.86 bits per heavy atom. The van der Waals surface area contributed by atoms with Crippen molar-refractivity contribution in [2.75, 3.05) is 0 Å². The summed E-state index contributed by atoms with van der Waals surface area (Å²) in [7, 11) is 0. The van der Waals surface area contributed by atoms with Gasteiger partial charge in [-0.25, -0.2) is 0 Å². The summed E-state index contributed by atoms with van der Waals surface area (Å²) in [6, 6.07) is 0. The summed E-state index contributed by atoms with van der Waals surface area (Å²) in [5.41, 5.74) is -1.69. The maximum atomic E-state index is 11.7. The summed E-state index contributed by atoms with van der Waals surface area (Å²) in [5, 5.41) is 0. The van der Waals surface area contributed by atoms with E-state index < -0.39 is 11.0 Å². The molecule has 0 radical (unpaired) electrons. The van der Waals surface area contributed by atoms with Crippen LogP contribution in [0.2, 0.25) is 0 Å². The SMILES string of the molecule is CC(=O)[C@]12CC[C@@](C)(C(=O)O1)C2(C)C. The Kier molecular flexibility index (Phi) is 1.53. The van der Waals surface area contributed by atoms with E-state index in [1.54, 1.807) is 0 Å². The van der Waals surface area contributed by atoms with Crippen molar-refractivity contribution in [3.05, 3.63) is 0 Å². The molecule has 1 aliphatic heterocycles. The number of carbonyl (C=O) groups is 2. The van der Waals surface area contributed by atoms with E-state index in [0.717, 1.165) is 6.42 Å². The Labute approximate surface area is 83.8 Å². The lowest BCUT2D eigenvalue weighted by Gasteiger charge is -2.34. The summed E-state index contributed by atoms with van der Waals surface area (Å²) in [4.78, 5) is 23.4. The number of ether oxygens (including phenoxy) is 1. The molecule has 2 fully saturated rings. The second kappa shape index (κ2) is 2.20. The van der Waals surface area contributed by atoms with Crippen molar-refractivity contribution in [1.29, 1.82) is 0 Å². The number of fused-ring (bicyclic) bond motifs is 2. The summed E-state index contributed by atoms with van der Waals surface area (Å²) < 4.78 is 5.34. The van der Waals surface area contributed by atoms with Crippen LogP contribution in [0.3, 0.4) is 0 Å². The molecule has 2 bridgehead atoms. The lowest BCUT2D eigenvalue weighted by atomic mass is 9.65. The first kappa shape index (κ1) is 9.69. The zero-order chi connectivity index (χ0) is 10.8. The zero-order valence-electron chi connectivity index (χ0n) is 9.14. The lowest BCUT2D eigenvalue weighted by molar-refractivity contribution is -0.166. The fourth-order valence-electron chi connectivity index (χ4n) is 2.99. The monoisotopic (exact) mass is 196 g/mol. The third kappa shape index (κ3) is 0.677. The molecule has 0 aromatic heterocycles. The molecule has 3 heteroatoms. The van der Waals surface area contributed by atoms with Crippen LogP contribution in [0, 0.1) is 10.8 Å². The van der Waals surface area contributed by atoms with Gasteiger partial charge in [0.25, 0.3) is 0 Å². The Hall–Kier alpha value is -0.860. The van der Waals surface area contributed by atoms with Crippen molar-refractivity contribution < 1.29 is 14.3 Å². The number of rotatable bonds is 1. The van der Waals surface area contributed by atoms with E-state index in [9.17, 15) is 9.59 Å². The van der Waals surface area contributed by atoms with Gasteiger partial charge in [0.2, 0.25) is 0 Å². The van der Waals surface area contributed by atoms with Crippen molar-refractivity contribution >= 4 is 11.8 Å². The van der Waals surface area contributed by atoms with Crippen LogP contribution in [0.25, 0.3) is 0 Å². The number of ketones is 1. The predicted octanol–water partition coefficient (Wildman–Crippen LogP) is 1.70. The van der Waals surface area contributed by atoms with E-state index in [2.05, 4.69) is 0 Å². The van der Waals surface area contributed by atoms with Gasteiger partial charge >= 0.3 is 5.97 Å². The average molecular weight is 196 g/mol. The van der Waals surface area contributed by atoms with Gasteiger partial charge in [-0.1, -0.05) is 13.8 Å². The van der Waals surface area contributed by atoms with Crippen LogP contribution in [-0.4, -0.2) is 17.4 Å². The molecule has 0 aromatic carbocycles. The molecular formula is C11H16O3. The van der Waals surface area contributed by atoms with Crippen LogP contribution >= 0.6 is 0 Å². The molecule has 0 unspecified atom stereocenters. The Morgan fingerprint density at radius 1 is 1.29 bits per heavy atom. The van der Waals surface area contributed by atoms with E-state index >= 15 is 0 Å². The normalized spacial score (nSPS) is 43.9. The van der Waals surface area contributed by atoms with E-state index in [-0.39, 0.29) is 17.2 Å². The standard InChI is InChI=1S/C11H16O3/c1-7(12)11-6-5-10(4,8(13)14-11)9(11,2)3/h5-6H2,1-4H3/t10-,11-/m0/s1. The van der Waals surface area contributed by atoms with Gasteiger partial charge in [-0.3, -0.25) is 9.59 Å². The van der Waals surface area contributed by atoms with E-state index in [4.69, 9.17) is 4.74 Å². The largest absolute Gasteiger partial charge is 0.450 e. The Bertz CT molecular complexity index is 331. The van der Waals surface area contributed by atoms with Gasteiger partial charge in [-0.2, -0.15) is 0 Å². The lowest BCUT2D eigenvalue weighted by Crippen LogP contribution is -2.46. The Balaban J connectivity index is 2.60. The molecule has 14 heavy (non-hydrogen) atoms. The number of esters is 1. The molecule has 0 amide bonds. The summed E-state index contributed by atoms with van der Waals surface area (Å²) in [6.45, 7) is 7.36. The van der Waals surface area contributed by atoms with Gasteiger partial charge in [0.05, 0.1) is 5.41 Å². The molecule has 0 aromatic rings. The van der Waals surface area contributed by atoms with Crippen LogP contribution in [0.1, 0.15) is 40.5 Å². The molecule has 2 aliphatic rings. The molecule has 0 spiro atoms. The Morgan fingerprint density at radius 3 is 2.07 bits per heavy atom. The zero-order valence-corrected chi connectivity index (χ0v) is 9.14. The highest BCUT2D eigenvalue weighted by Gasteiger charge is 2.74. The van der Waals surface area contributed by atoms with E-state index in [1.807, 2.05) is 20.8 Å². The fraction of sp³-hybridized carbons (Fsp3) is 0.818. The third-order valence-corrected chi connectivity index (χ3v) is 4.65. The molecule has 1 aliphatic carbocycles. The van der Waals surface area contributed by atoms with Crippen LogP contribution in [0.5, 0.6) is 0 Å². The highest BCUT2D eigenvalue weighted by molar-refractivity contribution is 5.96. The smallest absolute Gasteiger partial charge is 0.313 e. The summed E-state index contributed by atoms with van der Waals surface area (Å²) in [6.07, 6.45) is 1.44. The first-order valence-corrected chi connectivity index (χ1v) is 5.02. The molecule has 2 rings (SSSR count). The van der Waals surface area contributed by atoms with Gasteiger partial charge in [0.15, 0.2) is 11.4 Å². The second-order valence-electron chi connectivity index (χ2n) is 5.23. The molecule has 2 atom stereocenters. The highest BCUT2D eigenvalue weighted by Crippen LogP contribution is 2.65. The third-order valence-electron chi connectivity index (χ3n) is 4.65. The molecule has 78 valence electrons. The second-order valence-corrected chi connectivity index (χ2v) is 5.23. The van der Waals surface area contributed by atoms with Crippen LogP contribution in [0.15, 0.2) is 0 Å². The average Bonchev–Trinajstić information content (AvgIpc) is 2.34. The maximum absolute atomic E-state index is 11.7. The van der Waals surface area contributed by atoms with Crippen molar-refractivity contribution in [2.45, 2.75) is 46.1 Å². The van der Waals surface area contributed by atoms with Crippen LogP contribution in [-0.2, 0) is 14.3 Å². The quantitative estimate of drug-likeness (QED) is 0.599.